The van der Waals surface area contributed by atoms with Crippen molar-refractivity contribution in [2.45, 2.75) is 66.3 Å². The summed E-state index contributed by atoms with van der Waals surface area (Å²) < 4.78 is 0. The van der Waals surface area contributed by atoms with Crippen molar-refractivity contribution in [2.75, 3.05) is 17.7 Å². The average Bonchev–Trinajstić information content (AvgIpc) is 2.29. The quantitative estimate of drug-likeness (QED) is 0.855. The minimum absolute atomic E-state index is 0.0585. The lowest BCUT2D eigenvalue weighted by molar-refractivity contribution is 0.531. The first-order chi connectivity index (χ1) is 9.15. The molecule has 1 rings (SSSR count). The lowest BCUT2D eigenvalue weighted by Gasteiger charge is -2.23. The van der Waals surface area contributed by atoms with Gasteiger partial charge in [-0.3, -0.25) is 0 Å². The van der Waals surface area contributed by atoms with Gasteiger partial charge in [-0.1, -0.05) is 34.6 Å². The molecule has 1 unspecified atom stereocenters. The van der Waals surface area contributed by atoms with Crippen molar-refractivity contribution in [2.24, 2.45) is 5.92 Å². The van der Waals surface area contributed by atoms with Gasteiger partial charge in [0.25, 0.3) is 0 Å². The molecule has 1 aromatic heterocycles. The topological polar surface area (TPSA) is 49.8 Å². The third-order valence-corrected chi connectivity index (χ3v) is 3.26. The minimum atomic E-state index is -0.0585. The molecule has 2 N–H and O–H groups in total. The minimum Gasteiger partial charge on any atom is -0.373 e. The summed E-state index contributed by atoms with van der Waals surface area (Å²) >= 11 is 0. The van der Waals surface area contributed by atoms with Crippen LogP contribution in [0.2, 0.25) is 0 Å². The standard InChI is InChI=1S/C16H30N4/c1-10(2)9-11(3)18-14-12(4)13(17-8)19-15(20-14)16(5,6)7/h10-11H,9H2,1-8H3,(H2,17,18,19,20). The first kappa shape index (κ1) is 16.7. The Bertz CT molecular complexity index is 447. The van der Waals surface area contributed by atoms with Crippen molar-refractivity contribution in [3.63, 3.8) is 0 Å². The number of aromatic nitrogens is 2. The van der Waals surface area contributed by atoms with Gasteiger partial charge in [-0.25, -0.2) is 9.97 Å². The molecule has 0 amide bonds. The van der Waals surface area contributed by atoms with E-state index in [1.54, 1.807) is 0 Å². The lowest BCUT2D eigenvalue weighted by Crippen LogP contribution is -2.23. The molecular formula is C16H30N4. The van der Waals surface area contributed by atoms with E-state index in [0.29, 0.717) is 12.0 Å². The van der Waals surface area contributed by atoms with Crippen LogP contribution in [0.3, 0.4) is 0 Å². The van der Waals surface area contributed by atoms with E-state index in [0.717, 1.165) is 29.4 Å². The van der Waals surface area contributed by atoms with Gasteiger partial charge in [0, 0.05) is 24.1 Å². The second-order valence-electron chi connectivity index (χ2n) is 7.04. The van der Waals surface area contributed by atoms with Crippen LogP contribution in [0.1, 0.15) is 59.4 Å². The molecule has 0 saturated carbocycles. The Morgan fingerprint density at radius 1 is 1.05 bits per heavy atom. The first-order valence-electron chi connectivity index (χ1n) is 7.48. The summed E-state index contributed by atoms with van der Waals surface area (Å²) in [6.07, 6.45) is 1.13. The molecule has 0 saturated heterocycles. The Morgan fingerprint density at radius 3 is 2.05 bits per heavy atom. The highest BCUT2D eigenvalue weighted by Crippen LogP contribution is 2.26. The fourth-order valence-electron chi connectivity index (χ4n) is 2.24. The smallest absolute Gasteiger partial charge is 0.138 e. The summed E-state index contributed by atoms with van der Waals surface area (Å²) in [6, 6.07) is 0.404. The Hall–Kier alpha value is -1.32. The van der Waals surface area contributed by atoms with Crippen molar-refractivity contribution >= 4 is 11.6 Å². The predicted molar refractivity (Wildman–Crippen MR) is 87.6 cm³/mol. The largest absolute Gasteiger partial charge is 0.373 e. The summed E-state index contributed by atoms with van der Waals surface area (Å²) in [5, 5.41) is 6.71. The fraction of sp³-hybridized carbons (Fsp3) is 0.750. The number of hydrogen-bond donors (Lipinski definition) is 2. The second-order valence-corrected chi connectivity index (χ2v) is 7.04. The zero-order chi connectivity index (χ0) is 15.5. The molecule has 0 aromatic carbocycles. The van der Waals surface area contributed by atoms with E-state index in [2.05, 4.69) is 64.1 Å². The Labute approximate surface area is 123 Å². The van der Waals surface area contributed by atoms with Crippen LogP contribution >= 0.6 is 0 Å². The number of nitrogens with one attached hydrogen (secondary N) is 2. The van der Waals surface area contributed by atoms with Gasteiger partial charge < -0.3 is 10.6 Å². The van der Waals surface area contributed by atoms with Crippen LogP contribution in [-0.2, 0) is 5.41 Å². The van der Waals surface area contributed by atoms with Gasteiger partial charge in [0.15, 0.2) is 0 Å². The molecule has 0 aliphatic carbocycles. The van der Waals surface area contributed by atoms with Crippen LogP contribution in [0, 0.1) is 12.8 Å². The van der Waals surface area contributed by atoms with Crippen LogP contribution in [0.5, 0.6) is 0 Å². The summed E-state index contributed by atoms with van der Waals surface area (Å²) in [5.41, 5.74) is 1.02. The SMILES string of the molecule is CNc1nc(C(C)(C)C)nc(NC(C)CC(C)C)c1C. The van der Waals surface area contributed by atoms with Gasteiger partial charge >= 0.3 is 0 Å². The van der Waals surface area contributed by atoms with Crippen LogP contribution in [0.25, 0.3) is 0 Å². The van der Waals surface area contributed by atoms with E-state index < -0.39 is 0 Å². The first-order valence-corrected chi connectivity index (χ1v) is 7.48. The number of hydrogen-bond acceptors (Lipinski definition) is 4. The van der Waals surface area contributed by atoms with E-state index in [-0.39, 0.29) is 5.41 Å². The zero-order valence-corrected chi connectivity index (χ0v) is 14.3. The van der Waals surface area contributed by atoms with Crippen molar-refractivity contribution in [3.8, 4) is 0 Å². The molecule has 0 bridgehead atoms. The van der Waals surface area contributed by atoms with E-state index >= 15 is 0 Å². The molecule has 0 aliphatic rings. The molecule has 0 radical (unpaired) electrons. The molecule has 0 fully saturated rings. The normalized spacial score (nSPS) is 13.4. The van der Waals surface area contributed by atoms with Crippen molar-refractivity contribution in [3.05, 3.63) is 11.4 Å². The molecular weight excluding hydrogens is 248 g/mol. The monoisotopic (exact) mass is 278 g/mol. The lowest BCUT2D eigenvalue weighted by atomic mass is 9.95. The van der Waals surface area contributed by atoms with E-state index in [4.69, 9.17) is 4.98 Å². The number of anilines is 2. The Balaban J connectivity index is 3.11. The molecule has 20 heavy (non-hydrogen) atoms. The van der Waals surface area contributed by atoms with Gasteiger partial charge in [0.2, 0.25) is 0 Å². The predicted octanol–water partition coefficient (Wildman–Crippen LogP) is 3.97. The van der Waals surface area contributed by atoms with Crippen molar-refractivity contribution < 1.29 is 0 Å². The van der Waals surface area contributed by atoms with Gasteiger partial charge in [-0.05, 0) is 26.2 Å². The Morgan fingerprint density at radius 2 is 1.60 bits per heavy atom. The average molecular weight is 278 g/mol. The van der Waals surface area contributed by atoms with Gasteiger partial charge in [0.05, 0.1) is 0 Å². The highest BCUT2D eigenvalue weighted by molar-refractivity contribution is 5.57. The zero-order valence-electron chi connectivity index (χ0n) is 14.3. The van der Waals surface area contributed by atoms with Gasteiger partial charge in [-0.15, -0.1) is 0 Å². The number of rotatable bonds is 5. The van der Waals surface area contributed by atoms with Crippen LogP contribution in [0.4, 0.5) is 11.6 Å². The molecule has 1 aromatic rings. The summed E-state index contributed by atoms with van der Waals surface area (Å²) in [6.45, 7) is 15.2. The summed E-state index contributed by atoms with van der Waals surface area (Å²) in [5.74, 6) is 3.39. The highest BCUT2D eigenvalue weighted by Gasteiger charge is 2.21. The van der Waals surface area contributed by atoms with Crippen molar-refractivity contribution in [1.82, 2.24) is 9.97 Å². The fourth-order valence-corrected chi connectivity index (χ4v) is 2.24. The van der Waals surface area contributed by atoms with E-state index in [1.165, 1.54) is 0 Å². The van der Waals surface area contributed by atoms with Crippen LogP contribution in [-0.4, -0.2) is 23.1 Å². The molecule has 4 nitrogen and oxygen atoms in total. The maximum Gasteiger partial charge on any atom is 0.138 e. The van der Waals surface area contributed by atoms with Gasteiger partial charge in [0.1, 0.15) is 17.5 Å². The maximum absolute atomic E-state index is 4.74. The molecule has 0 spiro atoms. The molecule has 114 valence electrons. The van der Waals surface area contributed by atoms with E-state index in [1.807, 2.05) is 7.05 Å². The van der Waals surface area contributed by atoms with Gasteiger partial charge in [-0.2, -0.15) is 0 Å². The number of nitrogens with zero attached hydrogens (tertiary/aromatic N) is 2. The third-order valence-electron chi connectivity index (χ3n) is 3.26. The van der Waals surface area contributed by atoms with Crippen LogP contribution < -0.4 is 10.6 Å². The molecule has 4 heteroatoms. The molecule has 1 atom stereocenters. The second kappa shape index (κ2) is 6.42. The summed E-state index contributed by atoms with van der Waals surface area (Å²) in [7, 11) is 1.91. The molecule has 0 aliphatic heterocycles. The molecule has 1 heterocycles. The van der Waals surface area contributed by atoms with Crippen LogP contribution in [0.15, 0.2) is 0 Å². The van der Waals surface area contributed by atoms with Crippen molar-refractivity contribution in [1.29, 1.82) is 0 Å². The third kappa shape index (κ3) is 4.36. The maximum atomic E-state index is 4.74. The Kier molecular flexibility index (Phi) is 5.37. The summed E-state index contributed by atoms with van der Waals surface area (Å²) in [4.78, 5) is 9.37. The van der Waals surface area contributed by atoms with E-state index in [9.17, 15) is 0 Å². The highest BCUT2D eigenvalue weighted by atomic mass is 15.1.